The number of halogens is 3. The maximum absolute atomic E-state index is 13.8. The van der Waals surface area contributed by atoms with E-state index >= 15 is 0 Å². The van der Waals surface area contributed by atoms with Crippen LogP contribution in [0, 0.1) is 5.82 Å². The van der Waals surface area contributed by atoms with E-state index in [0.717, 1.165) is 25.2 Å². The number of carbonyl (C=O) groups is 1. The molecule has 140 valence electrons. The van der Waals surface area contributed by atoms with Crippen molar-refractivity contribution in [3.8, 4) is 5.75 Å². The van der Waals surface area contributed by atoms with E-state index in [2.05, 4.69) is 4.74 Å². The standard InChI is InChI=1S/C16H14F3NO5S/c1-20-26(22,23)11-6-7-13(17)12(8-11)15(21)24-9-10-4-2-3-5-14(10)25-16(18)19/h2-8,16,20H,9H2,1H3. The molecule has 2 aromatic carbocycles. The van der Waals surface area contributed by atoms with Crippen molar-refractivity contribution in [1.82, 2.24) is 4.72 Å². The molecule has 0 saturated carbocycles. The van der Waals surface area contributed by atoms with E-state index in [1.54, 1.807) is 0 Å². The van der Waals surface area contributed by atoms with E-state index in [-0.39, 0.29) is 16.2 Å². The third-order valence-corrected chi connectivity index (χ3v) is 4.70. The minimum absolute atomic E-state index is 0.139. The lowest BCUT2D eigenvalue weighted by molar-refractivity contribution is -0.0510. The number of nitrogens with one attached hydrogen (secondary N) is 1. The third kappa shape index (κ3) is 4.73. The van der Waals surface area contributed by atoms with E-state index in [1.807, 2.05) is 4.72 Å². The minimum atomic E-state index is -3.89. The smallest absolute Gasteiger partial charge is 0.387 e. The quantitative estimate of drug-likeness (QED) is 0.737. The van der Waals surface area contributed by atoms with Gasteiger partial charge in [0.25, 0.3) is 0 Å². The second-order valence-corrected chi connectivity index (χ2v) is 6.80. The van der Waals surface area contributed by atoms with Crippen molar-refractivity contribution in [3.63, 3.8) is 0 Å². The van der Waals surface area contributed by atoms with Crippen molar-refractivity contribution >= 4 is 16.0 Å². The zero-order valence-electron chi connectivity index (χ0n) is 13.4. The second-order valence-electron chi connectivity index (χ2n) is 4.91. The van der Waals surface area contributed by atoms with Gasteiger partial charge in [-0.05, 0) is 31.3 Å². The molecule has 2 aromatic rings. The number of ether oxygens (including phenoxy) is 2. The van der Waals surface area contributed by atoms with Crippen molar-refractivity contribution in [2.75, 3.05) is 7.05 Å². The SMILES string of the molecule is CNS(=O)(=O)c1ccc(F)c(C(=O)OCc2ccccc2OC(F)F)c1. The molecule has 0 radical (unpaired) electrons. The monoisotopic (exact) mass is 389 g/mol. The Morgan fingerprint density at radius 3 is 2.54 bits per heavy atom. The van der Waals surface area contributed by atoms with E-state index in [9.17, 15) is 26.4 Å². The molecule has 0 aliphatic rings. The molecular weight excluding hydrogens is 375 g/mol. The van der Waals surface area contributed by atoms with Gasteiger partial charge in [0, 0.05) is 5.56 Å². The molecule has 0 spiro atoms. The van der Waals surface area contributed by atoms with Gasteiger partial charge in [-0.2, -0.15) is 8.78 Å². The summed E-state index contributed by atoms with van der Waals surface area (Å²) in [6.07, 6.45) is 0. The number of alkyl halides is 2. The van der Waals surface area contributed by atoms with Crippen molar-refractivity contribution in [3.05, 3.63) is 59.4 Å². The summed E-state index contributed by atoms with van der Waals surface area (Å²) in [6.45, 7) is -3.53. The number of sulfonamides is 1. The normalized spacial score (nSPS) is 11.4. The van der Waals surface area contributed by atoms with Crippen LogP contribution in [0.25, 0.3) is 0 Å². The van der Waals surface area contributed by atoms with Gasteiger partial charge in [0.05, 0.1) is 10.5 Å². The van der Waals surface area contributed by atoms with E-state index < -0.39 is 40.6 Å². The molecule has 10 heteroatoms. The number of hydrogen-bond donors (Lipinski definition) is 1. The molecule has 0 aliphatic heterocycles. The van der Waals surface area contributed by atoms with Crippen LogP contribution in [0.5, 0.6) is 5.75 Å². The fourth-order valence-electron chi connectivity index (χ4n) is 2.00. The Morgan fingerprint density at radius 2 is 1.88 bits per heavy atom. The molecule has 0 amide bonds. The van der Waals surface area contributed by atoms with Crippen LogP contribution in [0.1, 0.15) is 15.9 Å². The van der Waals surface area contributed by atoms with Gasteiger partial charge in [0.15, 0.2) is 0 Å². The molecule has 0 aliphatic carbocycles. The molecule has 0 aromatic heterocycles. The molecule has 26 heavy (non-hydrogen) atoms. The summed E-state index contributed by atoms with van der Waals surface area (Å²) in [6, 6.07) is 8.25. The lowest BCUT2D eigenvalue weighted by Gasteiger charge is -2.11. The van der Waals surface area contributed by atoms with E-state index in [4.69, 9.17) is 4.74 Å². The fourth-order valence-corrected chi connectivity index (χ4v) is 2.76. The first-order valence-electron chi connectivity index (χ1n) is 7.17. The maximum atomic E-state index is 13.8. The molecule has 0 saturated heterocycles. The van der Waals surface area contributed by atoms with Gasteiger partial charge in [-0.1, -0.05) is 18.2 Å². The van der Waals surface area contributed by atoms with Gasteiger partial charge >= 0.3 is 12.6 Å². The van der Waals surface area contributed by atoms with Gasteiger partial charge in [0.2, 0.25) is 10.0 Å². The van der Waals surface area contributed by atoms with E-state index in [1.165, 1.54) is 24.3 Å². The molecule has 0 heterocycles. The highest BCUT2D eigenvalue weighted by Crippen LogP contribution is 2.22. The summed E-state index contributed by atoms with van der Waals surface area (Å²) in [4.78, 5) is 11.7. The minimum Gasteiger partial charge on any atom is -0.457 e. The summed E-state index contributed by atoms with van der Waals surface area (Å²) in [5.74, 6) is -2.33. The first-order valence-corrected chi connectivity index (χ1v) is 8.66. The number of hydrogen-bond acceptors (Lipinski definition) is 5. The second kappa shape index (κ2) is 8.19. The summed E-state index contributed by atoms with van der Waals surface area (Å²) in [5.41, 5.74) is -0.464. The first kappa shape index (κ1) is 19.7. The molecule has 0 atom stereocenters. The largest absolute Gasteiger partial charge is 0.457 e. The van der Waals surface area contributed by atoms with Crippen molar-refractivity contribution in [2.24, 2.45) is 0 Å². The van der Waals surface area contributed by atoms with Crippen LogP contribution in [0.2, 0.25) is 0 Å². The van der Waals surface area contributed by atoms with Crippen molar-refractivity contribution in [1.29, 1.82) is 0 Å². The molecule has 0 unspecified atom stereocenters. The summed E-state index contributed by atoms with van der Waals surface area (Å²) >= 11 is 0. The number of para-hydroxylation sites is 1. The zero-order chi connectivity index (χ0) is 19.3. The predicted molar refractivity (Wildman–Crippen MR) is 84.8 cm³/mol. The summed E-state index contributed by atoms with van der Waals surface area (Å²) < 4.78 is 73.3. The van der Waals surface area contributed by atoms with Crippen LogP contribution in [-0.2, 0) is 21.4 Å². The average molecular weight is 389 g/mol. The van der Waals surface area contributed by atoms with Crippen LogP contribution >= 0.6 is 0 Å². The van der Waals surface area contributed by atoms with Gasteiger partial charge < -0.3 is 9.47 Å². The molecule has 0 bridgehead atoms. The molecule has 2 rings (SSSR count). The van der Waals surface area contributed by atoms with Crippen LogP contribution in [0.4, 0.5) is 13.2 Å². The number of rotatable bonds is 7. The number of benzene rings is 2. The average Bonchev–Trinajstić information content (AvgIpc) is 2.60. The molecule has 1 N–H and O–H groups in total. The lowest BCUT2D eigenvalue weighted by atomic mass is 10.2. The number of esters is 1. The van der Waals surface area contributed by atoms with Crippen LogP contribution < -0.4 is 9.46 Å². The Morgan fingerprint density at radius 1 is 1.19 bits per heavy atom. The molecule has 6 nitrogen and oxygen atoms in total. The van der Waals surface area contributed by atoms with Gasteiger partial charge in [-0.15, -0.1) is 0 Å². The van der Waals surface area contributed by atoms with Crippen LogP contribution in [0.3, 0.4) is 0 Å². The van der Waals surface area contributed by atoms with Gasteiger partial charge in [-0.25, -0.2) is 22.3 Å². The fraction of sp³-hybridized carbons (Fsp3) is 0.188. The molecular formula is C16H14F3NO5S. The van der Waals surface area contributed by atoms with Crippen LogP contribution in [0.15, 0.2) is 47.4 Å². The Labute approximate surface area is 147 Å². The summed E-state index contributed by atoms with van der Waals surface area (Å²) in [5, 5.41) is 0. The van der Waals surface area contributed by atoms with Gasteiger partial charge in [0.1, 0.15) is 18.2 Å². The highest BCUT2D eigenvalue weighted by atomic mass is 32.2. The van der Waals surface area contributed by atoms with Crippen LogP contribution in [-0.4, -0.2) is 28.0 Å². The Kier molecular flexibility index (Phi) is 6.22. The zero-order valence-corrected chi connectivity index (χ0v) is 14.2. The maximum Gasteiger partial charge on any atom is 0.387 e. The van der Waals surface area contributed by atoms with Gasteiger partial charge in [-0.3, -0.25) is 0 Å². The third-order valence-electron chi connectivity index (χ3n) is 3.28. The highest BCUT2D eigenvalue weighted by molar-refractivity contribution is 7.89. The van der Waals surface area contributed by atoms with Crippen molar-refractivity contribution in [2.45, 2.75) is 18.1 Å². The Hall–Kier alpha value is -2.59. The highest BCUT2D eigenvalue weighted by Gasteiger charge is 2.20. The first-order chi connectivity index (χ1) is 12.2. The lowest BCUT2D eigenvalue weighted by Crippen LogP contribution is -2.19. The van der Waals surface area contributed by atoms with Crippen molar-refractivity contribution < 1.29 is 35.9 Å². The Bertz CT molecular complexity index is 903. The van der Waals surface area contributed by atoms with E-state index in [0.29, 0.717) is 0 Å². The summed E-state index contributed by atoms with van der Waals surface area (Å²) in [7, 11) is -2.72. The number of carbonyl (C=O) groups excluding carboxylic acids is 1. The topological polar surface area (TPSA) is 81.7 Å². The predicted octanol–water partition coefficient (Wildman–Crippen LogP) is 2.69. The molecule has 0 fully saturated rings. The Balaban J connectivity index is 2.20.